The molecule has 236 valence electrons. The van der Waals surface area contributed by atoms with E-state index in [1.807, 2.05) is 0 Å². The number of rotatable bonds is 23. The number of carbonyl (C=O) groups is 1. The summed E-state index contributed by atoms with van der Waals surface area (Å²) in [5.74, 6) is 3.51. The maximum atomic E-state index is 11.9. The lowest BCUT2D eigenvalue weighted by molar-refractivity contribution is -0.109. The molecule has 1 saturated heterocycles. The van der Waals surface area contributed by atoms with Gasteiger partial charge in [-0.15, -0.1) is 23.5 Å². The molecule has 1 heterocycles. The number of aryl methyl sites for hydroxylation is 1. The molecule has 2 rings (SSSR count). The molecule has 1 fully saturated rings. The molecule has 0 saturated carbocycles. The quantitative estimate of drug-likeness (QED) is 0.0880. The Morgan fingerprint density at radius 1 is 0.780 bits per heavy atom. The van der Waals surface area contributed by atoms with Gasteiger partial charge in [0.2, 0.25) is 0 Å². The second-order valence-electron chi connectivity index (χ2n) is 12.4. The van der Waals surface area contributed by atoms with Gasteiger partial charge >= 0.3 is 0 Å². The van der Waals surface area contributed by atoms with Gasteiger partial charge in [-0.25, -0.2) is 0 Å². The van der Waals surface area contributed by atoms with Crippen LogP contribution >= 0.6 is 23.5 Å². The molecule has 3 nitrogen and oxygen atoms in total. The van der Waals surface area contributed by atoms with Crippen molar-refractivity contribution in [2.75, 3.05) is 11.5 Å². The molecule has 0 spiro atoms. The molecule has 1 aromatic carbocycles. The summed E-state index contributed by atoms with van der Waals surface area (Å²) >= 11 is 4.28. The third-order valence-corrected chi connectivity index (χ3v) is 22.1. The standard InChI is InChI=1S/C34H62O3S2Si2/c1-7-24-40(25-8-2,26-9-3)36-32-16-14-31(15-17-32)18-20-34(38-22-13-23-39-34)30-33(19-21-35)37-41(27-10-4,28-11-5)29-12-6/h14-17,21,33H,7-13,18-20,22-30H2,1-6H3. The average Bonchev–Trinajstić information content (AvgIpc) is 2.94. The van der Waals surface area contributed by atoms with E-state index in [-0.39, 0.29) is 10.2 Å². The fourth-order valence-corrected chi connectivity index (χ4v) is 19.7. The zero-order valence-electron chi connectivity index (χ0n) is 27.4. The Hall–Kier alpha value is -0.216. The molecule has 1 atom stereocenters. The molecule has 0 N–H and O–H groups in total. The van der Waals surface area contributed by atoms with E-state index >= 15 is 0 Å². The Bertz CT molecular complexity index is 796. The molecule has 1 aliphatic rings. The fraction of sp³-hybridized carbons (Fsp3) is 0.794. The Balaban J connectivity index is 2.16. The summed E-state index contributed by atoms with van der Waals surface area (Å²) in [5, 5.41) is 0. The third kappa shape index (κ3) is 12.4. The number of carbonyl (C=O) groups excluding carboxylic acids is 1. The first-order valence-corrected chi connectivity index (χ1v) is 24.1. The van der Waals surface area contributed by atoms with Crippen LogP contribution in [-0.2, 0) is 15.6 Å². The van der Waals surface area contributed by atoms with Gasteiger partial charge < -0.3 is 13.6 Å². The second kappa shape index (κ2) is 19.9. The van der Waals surface area contributed by atoms with Crippen molar-refractivity contribution in [2.45, 2.75) is 159 Å². The number of hydrogen-bond acceptors (Lipinski definition) is 5. The molecule has 0 aliphatic carbocycles. The first-order chi connectivity index (χ1) is 19.9. The van der Waals surface area contributed by atoms with Gasteiger partial charge in [0.25, 0.3) is 8.32 Å². The lowest BCUT2D eigenvalue weighted by Crippen LogP contribution is -2.44. The summed E-state index contributed by atoms with van der Waals surface area (Å²) < 4.78 is 14.2. The number of benzene rings is 1. The van der Waals surface area contributed by atoms with Gasteiger partial charge in [0.05, 0.1) is 10.2 Å². The predicted octanol–water partition coefficient (Wildman–Crippen LogP) is 11.3. The van der Waals surface area contributed by atoms with Crippen molar-refractivity contribution in [3.8, 4) is 5.75 Å². The molecule has 1 aliphatic heterocycles. The van der Waals surface area contributed by atoms with E-state index in [4.69, 9.17) is 8.85 Å². The fourth-order valence-electron chi connectivity index (χ4n) is 7.08. The van der Waals surface area contributed by atoms with Crippen LogP contribution in [0.3, 0.4) is 0 Å². The molecular weight excluding hydrogens is 577 g/mol. The van der Waals surface area contributed by atoms with Gasteiger partial charge in [-0.2, -0.15) is 0 Å². The van der Waals surface area contributed by atoms with Gasteiger partial charge in [0.1, 0.15) is 12.0 Å². The van der Waals surface area contributed by atoms with E-state index in [0.717, 1.165) is 31.3 Å². The smallest absolute Gasteiger partial charge is 0.251 e. The highest BCUT2D eigenvalue weighted by Crippen LogP contribution is 2.50. The van der Waals surface area contributed by atoms with Crippen molar-refractivity contribution in [1.29, 1.82) is 0 Å². The van der Waals surface area contributed by atoms with Crippen LogP contribution < -0.4 is 4.43 Å². The largest absolute Gasteiger partial charge is 0.543 e. The van der Waals surface area contributed by atoms with Crippen molar-refractivity contribution in [3.63, 3.8) is 0 Å². The van der Waals surface area contributed by atoms with E-state index in [0.29, 0.717) is 6.42 Å². The van der Waals surface area contributed by atoms with Crippen molar-refractivity contribution in [3.05, 3.63) is 29.8 Å². The molecular formula is C34H62O3S2Si2. The topological polar surface area (TPSA) is 35.5 Å². The maximum absolute atomic E-state index is 11.9. The maximum Gasteiger partial charge on any atom is 0.251 e. The zero-order chi connectivity index (χ0) is 30.0. The van der Waals surface area contributed by atoms with Crippen LogP contribution in [0.2, 0.25) is 36.3 Å². The van der Waals surface area contributed by atoms with Crippen LogP contribution in [0.1, 0.15) is 111 Å². The minimum absolute atomic E-state index is 0.0615. The lowest BCUT2D eigenvalue weighted by Gasteiger charge is -2.42. The Morgan fingerprint density at radius 3 is 1.73 bits per heavy atom. The molecule has 0 radical (unpaired) electrons. The van der Waals surface area contributed by atoms with Crippen molar-refractivity contribution in [1.82, 2.24) is 0 Å². The van der Waals surface area contributed by atoms with Crippen LogP contribution in [0.15, 0.2) is 24.3 Å². The normalized spacial score (nSPS) is 16.4. The zero-order valence-corrected chi connectivity index (χ0v) is 31.1. The highest BCUT2D eigenvalue weighted by Gasteiger charge is 2.40. The Labute approximate surface area is 264 Å². The molecule has 0 amide bonds. The van der Waals surface area contributed by atoms with Gasteiger partial charge in [-0.1, -0.05) is 92.2 Å². The molecule has 0 bridgehead atoms. The van der Waals surface area contributed by atoms with E-state index in [1.165, 1.54) is 98.3 Å². The van der Waals surface area contributed by atoms with Gasteiger partial charge in [-0.05, 0) is 91.1 Å². The first-order valence-electron chi connectivity index (χ1n) is 17.0. The van der Waals surface area contributed by atoms with E-state index in [2.05, 4.69) is 89.3 Å². The molecule has 41 heavy (non-hydrogen) atoms. The van der Waals surface area contributed by atoms with E-state index in [9.17, 15) is 4.79 Å². The lowest BCUT2D eigenvalue weighted by atomic mass is 10.0. The SMILES string of the molecule is CCC[Si](CCC)(CCC)Oc1ccc(CCC2(CC(CC=O)O[Si](CCC)(CCC)CCC)SCCCS2)cc1. The molecule has 0 aromatic heterocycles. The highest BCUT2D eigenvalue weighted by molar-refractivity contribution is 8.18. The number of aldehydes is 1. The summed E-state index contributed by atoms with van der Waals surface area (Å²) in [4.78, 5) is 11.9. The summed E-state index contributed by atoms with van der Waals surface area (Å²) in [7, 11) is -3.55. The monoisotopic (exact) mass is 638 g/mol. The van der Waals surface area contributed by atoms with Crippen LogP contribution in [0.5, 0.6) is 5.75 Å². The van der Waals surface area contributed by atoms with Crippen LogP contribution in [0.4, 0.5) is 0 Å². The van der Waals surface area contributed by atoms with E-state index in [1.54, 1.807) is 0 Å². The third-order valence-electron chi connectivity index (χ3n) is 8.62. The summed E-state index contributed by atoms with van der Waals surface area (Å²) in [6.45, 7) is 13.8. The summed E-state index contributed by atoms with van der Waals surface area (Å²) in [6, 6.07) is 16.6. The number of thioether (sulfide) groups is 2. The average molecular weight is 639 g/mol. The Kier molecular flexibility index (Phi) is 18.0. The molecule has 1 unspecified atom stereocenters. The second-order valence-corrected chi connectivity index (χ2v) is 23.8. The van der Waals surface area contributed by atoms with Crippen molar-refractivity contribution < 1.29 is 13.6 Å². The van der Waals surface area contributed by atoms with Crippen LogP contribution in [0, 0.1) is 0 Å². The van der Waals surface area contributed by atoms with Crippen LogP contribution in [-0.4, -0.2) is 44.6 Å². The highest BCUT2D eigenvalue weighted by atomic mass is 32.2. The van der Waals surface area contributed by atoms with Crippen LogP contribution in [0.25, 0.3) is 0 Å². The minimum atomic E-state index is -1.83. The predicted molar refractivity (Wildman–Crippen MR) is 190 cm³/mol. The van der Waals surface area contributed by atoms with Gasteiger partial charge in [-0.3, -0.25) is 0 Å². The minimum Gasteiger partial charge on any atom is -0.543 e. The van der Waals surface area contributed by atoms with Crippen molar-refractivity contribution in [2.24, 2.45) is 0 Å². The first kappa shape index (κ1) is 37.0. The van der Waals surface area contributed by atoms with Gasteiger partial charge in [0, 0.05) is 6.42 Å². The van der Waals surface area contributed by atoms with Crippen molar-refractivity contribution >= 4 is 46.4 Å². The summed E-state index contributed by atoms with van der Waals surface area (Å²) in [5.41, 5.74) is 1.40. The summed E-state index contributed by atoms with van der Waals surface area (Å²) in [6.07, 6.45) is 13.4. The molecule has 1 aromatic rings. The van der Waals surface area contributed by atoms with E-state index < -0.39 is 16.6 Å². The number of hydrogen-bond donors (Lipinski definition) is 0. The molecule has 7 heteroatoms. The van der Waals surface area contributed by atoms with Gasteiger partial charge in [0.15, 0.2) is 8.32 Å². The Morgan fingerprint density at radius 2 is 1.27 bits per heavy atom.